The average molecular weight is 746 g/mol. The van der Waals surface area contributed by atoms with Gasteiger partial charge in [-0.15, -0.1) is 0 Å². The zero-order valence-electron chi connectivity index (χ0n) is 29.9. The number of aliphatic hydroxyl groups is 1. The van der Waals surface area contributed by atoms with Gasteiger partial charge in [0.15, 0.2) is 5.60 Å². The molecular formula is C39H40FN3O11. The van der Waals surface area contributed by atoms with Crippen molar-refractivity contribution in [3.05, 3.63) is 61.7 Å². The van der Waals surface area contributed by atoms with Crippen molar-refractivity contribution in [1.82, 2.24) is 14.9 Å². The highest BCUT2D eigenvalue weighted by Gasteiger charge is 2.67. The summed E-state index contributed by atoms with van der Waals surface area (Å²) >= 11 is 0. The lowest BCUT2D eigenvalue weighted by Crippen LogP contribution is -2.47. The number of alkyl carbamates (subject to hydrolysis) is 1. The number of carboxylic acids is 1. The van der Waals surface area contributed by atoms with Crippen LogP contribution in [0.15, 0.2) is 16.9 Å². The van der Waals surface area contributed by atoms with Gasteiger partial charge in [0, 0.05) is 47.8 Å². The topological polar surface area (TPSA) is 185 Å². The summed E-state index contributed by atoms with van der Waals surface area (Å²) < 4.78 is 34.7. The lowest BCUT2D eigenvalue weighted by molar-refractivity contribution is -0.365. The van der Waals surface area contributed by atoms with E-state index < -0.39 is 64.6 Å². The molecule has 0 radical (unpaired) electrons. The largest absolute Gasteiger partial charge is 0.481 e. The van der Waals surface area contributed by atoms with E-state index in [4.69, 9.17) is 29.0 Å². The second-order valence-electron chi connectivity index (χ2n) is 16.3. The van der Waals surface area contributed by atoms with Gasteiger partial charge in [-0.3, -0.25) is 9.59 Å². The normalized spacial score (nSPS) is 34.2. The summed E-state index contributed by atoms with van der Waals surface area (Å²) in [6, 6.07) is 2.41. The fraction of sp³-hybridized carbons (Fsp3) is 0.564. The first-order valence-electron chi connectivity index (χ1n) is 18.9. The Kier molecular flexibility index (Phi) is 7.28. The van der Waals surface area contributed by atoms with Crippen molar-refractivity contribution < 1.29 is 53.0 Å². The van der Waals surface area contributed by atoms with Gasteiger partial charge < -0.3 is 34.3 Å². The molecule has 2 unspecified atom stereocenters. The molecule has 2 aromatic heterocycles. The van der Waals surface area contributed by atoms with Crippen molar-refractivity contribution in [2.75, 3.05) is 0 Å². The maximum absolute atomic E-state index is 15.3. The number of nitrogens with one attached hydrogen (secondary N) is 1. The summed E-state index contributed by atoms with van der Waals surface area (Å²) in [6.07, 6.45) is 3.48. The number of nitrogens with zero attached hydrogens (tertiary/aromatic N) is 2. The zero-order valence-corrected chi connectivity index (χ0v) is 29.9. The quantitative estimate of drug-likeness (QED) is 0.194. The Morgan fingerprint density at radius 3 is 2.74 bits per heavy atom. The number of rotatable bonds is 4. The number of esters is 1. The van der Waals surface area contributed by atoms with Gasteiger partial charge >= 0.3 is 18.0 Å². The number of aliphatic carboxylic acids is 1. The molecule has 14 nitrogen and oxygen atoms in total. The summed E-state index contributed by atoms with van der Waals surface area (Å²) in [6.45, 7) is 3.20. The molecule has 4 fully saturated rings. The SMILES string of the molecule is CC[C@@]1(O)C(=O)OCc2c1cc1n(c2=O)Cc2c-1nc1cc(F)c(C)c3c1c2[C@@H](NC(=O)OC1CCCC2(C1)OO[C@]1(C[C@H]4C[C@@H]1[C@H](C(=O)O)C4)O2)CC3. The molecule has 3 saturated carbocycles. The monoisotopic (exact) mass is 745 g/mol. The molecule has 7 aliphatic rings. The van der Waals surface area contributed by atoms with E-state index >= 15 is 4.39 Å². The first kappa shape index (κ1) is 34.1. The van der Waals surface area contributed by atoms with Crippen LogP contribution in [0.3, 0.4) is 0 Å². The molecule has 1 amide bonds. The van der Waals surface area contributed by atoms with E-state index in [1.54, 1.807) is 19.9 Å². The van der Waals surface area contributed by atoms with Crippen LogP contribution in [-0.2, 0) is 58.7 Å². The number of carbonyl (C=O) groups excluding carboxylic acids is 2. The van der Waals surface area contributed by atoms with Crippen LogP contribution < -0.4 is 10.9 Å². The maximum atomic E-state index is 15.3. The van der Waals surface area contributed by atoms with Crippen molar-refractivity contribution in [3.8, 4) is 11.4 Å². The fourth-order valence-electron chi connectivity index (χ4n) is 10.8. The predicted octanol–water partition coefficient (Wildman–Crippen LogP) is 4.68. The standard InChI is InChI=1S/C39H40FN3O11/c1-3-38(49)24-11-29-32-22(15-43(29)33(44)23(24)16-50-35(38)47)31-27(7-6-20-17(2)26(40)12-28(41-32)30(20)31)42-36(48)51-19-5-4-8-37(14-19)52-39(54-53-37)13-18-9-21(34(45)46)25(39)10-18/h11-12,18-19,21,25,27,49H,3-10,13-16H2,1-2H3,(H,42,48)(H,45,46)/t18-,19?,21-,25-,27+,37?,38+,39+/m1/s1. The van der Waals surface area contributed by atoms with Crippen molar-refractivity contribution in [1.29, 1.82) is 0 Å². The molecule has 1 saturated heterocycles. The van der Waals surface area contributed by atoms with Crippen molar-refractivity contribution in [3.63, 3.8) is 0 Å². The summed E-state index contributed by atoms with van der Waals surface area (Å²) in [5.41, 5.74) is 1.79. The number of aromatic nitrogens is 2. The molecule has 3 N–H and O–H groups in total. The molecule has 54 heavy (non-hydrogen) atoms. The van der Waals surface area contributed by atoms with Gasteiger partial charge in [-0.25, -0.2) is 19.0 Å². The summed E-state index contributed by atoms with van der Waals surface area (Å²) in [5.74, 6) is -5.05. The summed E-state index contributed by atoms with van der Waals surface area (Å²) in [5, 5.41) is 24.9. The molecule has 8 atom stereocenters. The molecule has 10 rings (SSSR count). The van der Waals surface area contributed by atoms with Gasteiger partial charge in [0.1, 0.15) is 18.5 Å². The first-order valence-corrected chi connectivity index (χ1v) is 18.9. The van der Waals surface area contributed by atoms with Gasteiger partial charge in [-0.2, -0.15) is 9.78 Å². The van der Waals surface area contributed by atoms with Crippen molar-refractivity contribution >= 4 is 28.9 Å². The highest BCUT2D eigenvalue weighted by Crippen LogP contribution is 2.61. The van der Waals surface area contributed by atoms with E-state index in [1.807, 2.05) is 0 Å². The number of pyridine rings is 2. The molecule has 2 spiro atoms. The van der Waals surface area contributed by atoms with E-state index in [1.165, 1.54) is 10.6 Å². The first-order chi connectivity index (χ1) is 25.8. The highest BCUT2D eigenvalue weighted by molar-refractivity contribution is 5.93. The van der Waals surface area contributed by atoms with Gasteiger partial charge in [0.2, 0.25) is 11.6 Å². The summed E-state index contributed by atoms with van der Waals surface area (Å²) in [7, 11) is 0. The van der Waals surface area contributed by atoms with E-state index in [0.717, 1.165) is 16.5 Å². The number of hydrogen-bond donors (Lipinski definition) is 3. The van der Waals surface area contributed by atoms with Gasteiger partial charge in [0.05, 0.1) is 41.0 Å². The third-order valence-electron chi connectivity index (χ3n) is 13.4. The van der Waals surface area contributed by atoms with Crippen molar-refractivity contribution in [2.24, 2.45) is 17.8 Å². The predicted molar refractivity (Wildman–Crippen MR) is 183 cm³/mol. The van der Waals surface area contributed by atoms with Crippen LogP contribution in [-0.4, -0.2) is 55.5 Å². The number of aryl methyl sites for hydroxylation is 1. The molecule has 5 heterocycles. The lowest BCUT2D eigenvalue weighted by atomic mass is 9.81. The molecule has 4 aliphatic carbocycles. The van der Waals surface area contributed by atoms with Gasteiger partial charge in [0.25, 0.3) is 5.56 Å². The van der Waals surface area contributed by atoms with Crippen LogP contribution in [0.1, 0.15) is 104 Å². The van der Waals surface area contributed by atoms with Crippen LogP contribution in [0.25, 0.3) is 22.3 Å². The lowest BCUT2D eigenvalue weighted by Gasteiger charge is -2.38. The number of fused-ring (bicyclic) bond motifs is 8. The fourth-order valence-corrected chi connectivity index (χ4v) is 10.8. The van der Waals surface area contributed by atoms with Gasteiger partial charge in [-0.1, -0.05) is 6.92 Å². The Balaban J connectivity index is 0.953. The smallest absolute Gasteiger partial charge is 0.407 e. The summed E-state index contributed by atoms with van der Waals surface area (Å²) in [4.78, 5) is 69.0. The molecule has 1 aromatic carbocycles. The van der Waals surface area contributed by atoms with Crippen LogP contribution in [0, 0.1) is 30.5 Å². The van der Waals surface area contributed by atoms with Crippen LogP contribution in [0.4, 0.5) is 9.18 Å². The van der Waals surface area contributed by atoms with Gasteiger partial charge in [-0.05, 0) is 80.5 Å². The number of amides is 1. The van der Waals surface area contributed by atoms with Crippen molar-refractivity contribution in [2.45, 2.75) is 121 Å². The second kappa shape index (κ2) is 11.5. The Morgan fingerprint density at radius 1 is 1.13 bits per heavy atom. The second-order valence-corrected chi connectivity index (χ2v) is 16.3. The van der Waals surface area contributed by atoms with Crippen LogP contribution in [0.2, 0.25) is 0 Å². The number of carbonyl (C=O) groups is 3. The minimum atomic E-state index is -2.00. The highest BCUT2D eigenvalue weighted by atomic mass is 19.1. The zero-order chi connectivity index (χ0) is 37.5. The number of carboxylic acid groups (broad SMARTS) is 1. The average Bonchev–Trinajstić information content (AvgIpc) is 3.91. The Morgan fingerprint density at radius 2 is 1.96 bits per heavy atom. The molecule has 15 heteroatoms. The van der Waals surface area contributed by atoms with E-state index in [0.29, 0.717) is 79.4 Å². The molecule has 3 aliphatic heterocycles. The Hall–Kier alpha value is -4.44. The van der Waals surface area contributed by atoms with Crippen LogP contribution in [0.5, 0.6) is 0 Å². The molecule has 2 bridgehead atoms. The van der Waals surface area contributed by atoms with Crippen LogP contribution >= 0.6 is 0 Å². The van der Waals surface area contributed by atoms with E-state index in [-0.39, 0.29) is 49.0 Å². The Labute approximate surface area is 307 Å². The number of ether oxygens (including phenoxy) is 3. The maximum Gasteiger partial charge on any atom is 0.407 e. The number of benzene rings is 1. The minimum absolute atomic E-state index is 0.00658. The minimum Gasteiger partial charge on any atom is -0.481 e. The third-order valence-corrected chi connectivity index (χ3v) is 13.4. The molecular weight excluding hydrogens is 705 g/mol. The number of cyclic esters (lactones) is 1. The molecule has 3 aromatic rings. The van der Waals surface area contributed by atoms with E-state index in [9.17, 15) is 29.4 Å². The Bertz CT molecular complexity index is 2280. The third kappa shape index (κ3) is 4.67. The molecule has 284 valence electrons. The number of hydrogen-bond acceptors (Lipinski definition) is 11. The van der Waals surface area contributed by atoms with E-state index in [2.05, 4.69) is 5.32 Å². The number of halogens is 1.